The second kappa shape index (κ2) is 2.95. The lowest BCUT2D eigenvalue weighted by Crippen LogP contribution is -2.44. The SMILES string of the molecule is COC(=O)C1(S(=O)(=O)C(C)(C)C)CC1. The zero-order chi connectivity index (χ0) is 11.2. The summed E-state index contributed by atoms with van der Waals surface area (Å²) in [4.78, 5) is 11.4. The summed E-state index contributed by atoms with van der Waals surface area (Å²) >= 11 is 0. The Morgan fingerprint density at radius 2 is 1.71 bits per heavy atom. The van der Waals surface area contributed by atoms with Crippen LogP contribution >= 0.6 is 0 Å². The monoisotopic (exact) mass is 220 g/mol. The number of hydrogen-bond acceptors (Lipinski definition) is 4. The summed E-state index contributed by atoms with van der Waals surface area (Å²) in [6.07, 6.45) is 0.776. The highest BCUT2D eigenvalue weighted by Gasteiger charge is 2.64. The molecule has 0 unspecified atom stereocenters. The molecule has 0 heterocycles. The van der Waals surface area contributed by atoms with Gasteiger partial charge in [-0.3, -0.25) is 4.79 Å². The molecule has 0 bridgehead atoms. The van der Waals surface area contributed by atoms with Crippen LogP contribution in [0.1, 0.15) is 33.6 Å². The molecule has 0 aromatic rings. The topological polar surface area (TPSA) is 60.4 Å². The number of ether oxygens (including phenoxy) is 1. The van der Waals surface area contributed by atoms with Gasteiger partial charge in [-0.2, -0.15) is 0 Å². The number of methoxy groups -OCH3 is 1. The van der Waals surface area contributed by atoms with Gasteiger partial charge >= 0.3 is 5.97 Å². The molecule has 1 rings (SSSR count). The van der Waals surface area contributed by atoms with Crippen molar-refractivity contribution < 1.29 is 17.9 Å². The zero-order valence-electron chi connectivity index (χ0n) is 8.96. The molecule has 0 aliphatic heterocycles. The third kappa shape index (κ3) is 1.34. The molecule has 1 saturated carbocycles. The van der Waals surface area contributed by atoms with E-state index in [1.54, 1.807) is 20.8 Å². The minimum atomic E-state index is -3.45. The minimum Gasteiger partial charge on any atom is -0.468 e. The van der Waals surface area contributed by atoms with Gasteiger partial charge in [-0.05, 0) is 33.6 Å². The van der Waals surface area contributed by atoms with E-state index in [2.05, 4.69) is 4.74 Å². The van der Waals surface area contributed by atoms with E-state index in [9.17, 15) is 13.2 Å². The lowest BCUT2D eigenvalue weighted by Gasteiger charge is -2.24. The first-order valence-electron chi connectivity index (χ1n) is 4.52. The molecular formula is C9H16O4S. The van der Waals surface area contributed by atoms with E-state index in [-0.39, 0.29) is 0 Å². The highest BCUT2D eigenvalue weighted by molar-refractivity contribution is 7.95. The summed E-state index contributed by atoms with van der Waals surface area (Å²) in [7, 11) is -2.23. The van der Waals surface area contributed by atoms with E-state index in [1.165, 1.54) is 7.11 Å². The smallest absolute Gasteiger partial charge is 0.327 e. The van der Waals surface area contributed by atoms with Crippen LogP contribution in [0.5, 0.6) is 0 Å². The third-order valence-corrected chi connectivity index (χ3v) is 5.80. The first-order valence-corrected chi connectivity index (χ1v) is 6.00. The highest BCUT2D eigenvalue weighted by atomic mass is 32.2. The van der Waals surface area contributed by atoms with Crippen molar-refractivity contribution in [3.63, 3.8) is 0 Å². The maximum Gasteiger partial charge on any atom is 0.327 e. The fourth-order valence-corrected chi connectivity index (χ4v) is 3.58. The molecule has 14 heavy (non-hydrogen) atoms. The third-order valence-electron chi connectivity index (χ3n) is 2.58. The van der Waals surface area contributed by atoms with Crippen molar-refractivity contribution >= 4 is 15.8 Å². The average Bonchev–Trinajstić information content (AvgIpc) is 2.81. The molecule has 0 spiro atoms. The standard InChI is InChI=1S/C9H16O4S/c1-8(2,3)14(11,12)9(5-6-9)7(10)13-4/h5-6H2,1-4H3. The highest BCUT2D eigenvalue weighted by Crippen LogP contribution is 2.48. The molecule has 0 aromatic carbocycles. The van der Waals surface area contributed by atoms with E-state index < -0.39 is 25.3 Å². The molecule has 1 aliphatic carbocycles. The number of sulfone groups is 1. The second-order valence-electron chi connectivity index (χ2n) is 4.60. The average molecular weight is 220 g/mol. The van der Waals surface area contributed by atoms with Crippen LogP contribution < -0.4 is 0 Å². The molecule has 0 radical (unpaired) electrons. The predicted molar refractivity (Wildman–Crippen MR) is 52.7 cm³/mol. The maximum atomic E-state index is 12.0. The molecule has 1 fully saturated rings. The molecule has 0 amide bonds. The second-order valence-corrected chi connectivity index (χ2v) is 7.61. The van der Waals surface area contributed by atoms with Gasteiger partial charge in [0.15, 0.2) is 14.6 Å². The van der Waals surface area contributed by atoms with Gasteiger partial charge in [-0.1, -0.05) is 0 Å². The van der Waals surface area contributed by atoms with Crippen molar-refractivity contribution in [2.24, 2.45) is 0 Å². The van der Waals surface area contributed by atoms with Crippen LogP contribution in [0.25, 0.3) is 0 Å². The van der Waals surface area contributed by atoms with Crippen LogP contribution in [0, 0.1) is 0 Å². The van der Waals surface area contributed by atoms with Crippen LogP contribution in [0.15, 0.2) is 0 Å². The number of carbonyl (C=O) groups excluding carboxylic acids is 1. The molecule has 1 aliphatic rings. The zero-order valence-corrected chi connectivity index (χ0v) is 9.77. The van der Waals surface area contributed by atoms with Crippen LogP contribution in [0.4, 0.5) is 0 Å². The van der Waals surface area contributed by atoms with Gasteiger partial charge in [0.1, 0.15) is 0 Å². The Kier molecular flexibility index (Phi) is 2.42. The van der Waals surface area contributed by atoms with Crippen LogP contribution in [-0.2, 0) is 19.4 Å². The Morgan fingerprint density at radius 1 is 1.29 bits per heavy atom. The van der Waals surface area contributed by atoms with E-state index >= 15 is 0 Å². The lowest BCUT2D eigenvalue weighted by atomic mass is 10.3. The van der Waals surface area contributed by atoms with Crippen LogP contribution in [-0.4, -0.2) is 31.0 Å². The Bertz CT molecular complexity index is 343. The number of hydrogen-bond donors (Lipinski definition) is 0. The Morgan fingerprint density at radius 3 is 1.93 bits per heavy atom. The molecule has 0 saturated heterocycles. The number of rotatable bonds is 2. The van der Waals surface area contributed by atoms with Crippen LogP contribution in [0.2, 0.25) is 0 Å². The van der Waals surface area contributed by atoms with Gasteiger partial charge in [-0.15, -0.1) is 0 Å². The predicted octanol–water partition coefficient (Wildman–Crippen LogP) is 0.905. The van der Waals surface area contributed by atoms with E-state index in [4.69, 9.17) is 0 Å². The summed E-state index contributed by atoms with van der Waals surface area (Å²) in [5, 5.41) is 0. The lowest BCUT2D eigenvalue weighted by molar-refractivity contribution is -0.141. The molecule has 0 aromatic heterocycles. The normalized spacial score (nSPS) is 20.3. The molecule has 4 nitrogen and oxygen atoms in total. The largest absolute Gasteiger partial charge is 0.468 e. The first kappa shape index (κ1) is 11.5. The van der Waals surface area contributed by atoms with Gasteiger partial charge in [-0.25, -0.2) is 8.42 Å². The Balaban J connectivity index is 3.13. The van der Waals surface area contributed by atoms with Crippen LogP contribution in [0.3, 0.4) is 0 Å². The van der Waals surface area contributed by atoms with Crippen molar-refractivity contribution in [1.82, 2.24) is 0 Å². The van der Waals surface area contributed by atoms with Gasteiger partial charge in [0.2, 0.25) is 0 Å². The molecule has 5 heteroatoms. The summed E-state index contributed by atoms with van der Waals surface area (Å²) in [6.45, 7) is 4.81. The number of esters is 1. The molecule has 0 atom stereocenters. The van der Waals surface area contributed by atoms with Gasteiger partial charge in [0.05, 0.1) is 11.9 Å². The minimum absolute atomic E-state index is 0.388. The molecular weight excluding hydrogens is 204 g/mol. The fraction of sp³-hybridized carbons (Fsp3) is 0.889. The maximum absolute atomic E-state index is 12.0. The first-order chi connectivity index (χ1) is 6.19. The van der Waals surface area contributed by atoms with E-state index in [0.717, 1.165) is 0 Å². The van der Waals surface area contributed by atoms with Crippen molar-refractivity contribution in [2.75, 3.05) is 7.11 Å². The van der Waals surface area contributed by atoms with Crippen molar-refractivity contribution in [1.29, 1.82) is 0 Å². The Labute approximate surface area is 84.6 Å². The molecule has 82 valence electrons. The van der Waals surface area contributed by atoms with Gasteiger partial charge in [0, 0.05) is 0 Å². The van der Waals surface area contributed by atoms with E-state index in [1.807, 2.05) is 0 Å². The van der Waals surface area contributed by atoms with Crippen molar-refractivity contribution in [3.8, 4) is 0 Å². The van der Waals surface area contributed by atoms with Gasteiger partial charge in [0.25, 0.3) is 0 Å². The van der Waals surface area contributed by atoms with Crippen molar-refractivity contribution in [2.45, 2.75) is 43.1 Å². The fourth-order valence-electron chi connectivity index (χ4n) is 1.47. The van der Waals surface area contributed by atoms with Gasteiger partial charge < -0.3 is 4.74 Å². The quantitative estimate of drug-likeness (QED) is 0.649. The summed E-state index contributed by atoms with van der Waals surface area (Å²) in [6, 6.07) is 0. The summed E-state index contributed by atoms with van der Waals surface area (Å²) < 4.78 is 26.5. The summed E-state index contributed by atoms with van der Waals surface area (Å²) in [5.41, 5.74) is 0. The number of carbonyl (C=O) groups is 1. The molecule has 0 N–H and O–H groups in total. The summed E-state index contributed by atoms with van der Waals surface area (Å²) in [5.74, 6) is -0.618. The van der Waals surface area contributed by atoms with E-state index in [0.29, 0.717) is 12.8 Å². The van der Waals surface area contributed by atoms with Crippen molar-refractivity contribution in [3.05, 3.63) is 0 Å². The Hall–Kier alpha value is -0.580.